The summed E-state index contributed by atoms with van der Waals surface area (Å²) in [5, 5.41) is 12.7. The molecule has 0 atom stereocenters. The Labute approximate surface area is 98.2 Å². The smallest absolute Gasteiger partial charge is 0.230 e. The summed E-state index contributed by atoms with van der Waals surface area (Å²) < 4.78 is 1.80. The Kier molecular flexibility index (Phi) is 3.50. The maximum absolute atomic E-state index is 11.4. The molecule has 1 aromatic rings. The van der Waals surface area contributed by atoms with Crippen molar-refractivity contribution in [1.29, 1.82) is 0 Å². The molecule has 0 spiro atoms. The average Bonchev–Trinajstić information content (AvgIpc) is 2.99. The molecule has 88 valence electrons. The molecule has 1 aromatic heterocycles. The van der Waals surface area contributed by atoms with Crippen LogP contribution in [0, 0.1) is 0 Å². The molecule has 1 saturated carbocycles. The highest BCUT2D eigenvalue weighted by Gasteiger charge is 2.23. The molecule has 2 rings (SSSR count). The van der Waals surface area contributed by atoms with Crippen LogP contribution in [0.15, 0.2) is 11.4 Å². The van der Waals surface area contributed by atoms with E-state index in [1.165, 1.54) is 11.8 Å². The molecule has 0 radical (unpaired) electrons. The van der Waals surface area contributed by atoms with Gasteiger partial charge in [-0.2, -0.15) is 0 Å². The summed E-state index contributed by atoms with van der Waals surface area (Å²) in [5.74, 6) is 0.438. The SMILES string of the molecule is Cn1c(CO)cnc1SCC(=O)NC1CC1. The molecule has 0 bridgehead atoms. The van der Waals surface area contributed by atoms with E-state index in [0.29, 0.717) is 11.8 Å². The van der Waals surface area contributed by atoms with Crippen molar-refractivity contribution in [2.24, 2.45) is 7.05 Å². The Morgan fingerprint density at radius 1 is 1.75 bits per heavy atom. The van der Waals surface area contributed by atoms with Gasteiger partial charge in [0.05, 0.1) is 24.3 Å². The molecular formula is C10H15N3O2S. The average molecular weight is 241 g/mol. The minimum Gasteiger partial charge on any atom is -0.390 e. The van der Waals surface area contributed by atoms with Crippen molar-refractivity contribution < 1.29 is 9.90 Å². The lowest BCUT2D eigenvalue weighted by atomic mass is 10.5. The van der Waals surface area contributed by atoms with Crippen molar-refractivity contribution in [3.05, 3.63) is 11.9 Å². The van der Waals surface area contributed by atoms with Crippen molar-refractivity contribution in [1.82, 2.24) is 14.9 Å². The Hall–Kier alpha value is -1.01. The maximum atomic E-state index is 11.4. The molecule has 1 heterocycles. The zero-order chi connectivity index (χ0) is 11.5. The van der Waals surface area contributed by atoms with Gasteiger partial charge in [0.2, 0.25) is 5.91 Å². The summed E-state index contributed by atoms with van der Waals surface area (Å²) in [6.07, 6.45) is 3.84. The molecule has 1 aliphatic carbocycles. The van der Waals surface area contributed by atoms with Crippen LogP contribution in [-0.4, -0.2) is 32.4 Å². The highest BCUT2D eigenvalue weighted by molar-refractivity contribution is 7.99. The molecule has 6 heteroatoms. The summed E-state index contributed by atoms with van der Waals surface area (Å²) >= 11 is 1.39. The third kappa shape index (κ3) is 2.76. The minimum atomic E-state index is -0.0294. The first-order valence-electron chi connectivity index (χ1n) is 5.24. The number of aliphatic hydroxyl groups is 1. The van der Waals surface area contributed by atoms with Crippen molar-refractivity contribution in [2.75, 3.05) is 5.75 Å². The highest BCUT2D eigenvalue weighted by atomic mass is 32.2. The van der Waals surface area contributed by atoms with Crippen LogP contribution >= 0.6 is 11.8 Å². The van der Waals surface area contributed by atoms with Crippen molar-refractivity contribution in [2.45, 2.75) is 30.6 Å². The molecule has 2 N–H and O–H groups in total. The van der Waals surface area contributed by atoms with Gasteiger partial charge in [0.1, 0.15) is 0 Å². The molecule has 0 saturated heterocycles. The number of hydrogen-bond donors (Lipinski definition) is 2. The zero-order valence-corrected chi connectivity index (χ0v) is 9.96. The van der Waals surface area contributed by atoms with Gasteiger partial charge in [-0.05, 0) is 12.8 Å². The van der Waals surface area contributed by atoms with Crippen LogP contribution < -0.4 is 5.32 Å². The van der Waals surface area contributed by atoms with E-state index in [0.717, 1.165) is 23.7 Å². The number of hydrogen-bond acceptors (Lipinski definition) is 4. The van der Waals surface area contributed by atoms with E-state index in [4.69, 9.17) is 5.11 Å². The number of amides is 1. The molecule has 5 nitrogen and oxygen atoms in total. The van der Waals surface area contributed by atoms with E-state index in [1.54, 1.807) is 10.8 Å². The van der Waals surface area contributed by atoms with E-state index in [9.17, 15) is 4.79 Å². The molecule has 1 amide bonds. The van der Waals surface area contributed by atoms with Gasteiger partial charge in [0, 0.05) is 13.1 Å². The number of imidazole rings is 1. The van der Waals surface area contributed by atoms with Gasteiger partial charge in [-0.25, -0.2) is 4.98 Å². The molecule has 0 unspecified atom stereocenters. The lowest BCUT2D eigenvalue weighted by Crippen LogP contribution is -2.27. The van der Waals surface area contributed by atoms with Crippen LogP contribution in [0.1, 0.15) is 18.5 Å². The molecule has 1 fully saturated rings. The Bertz CT molecular complexity index is 387. The second-order valence-corrected chi connectivity index (χ2v) is 4.82. The standard InChI is InChI=1S/C10H15N3O2S/c1-13-8(5-14)4-11-10(13)16-6-9(15)12-7-2-3-7/h4,7,14H,2-3,5-6H2,1H3,(H,12,15). The molecule has 16 heavy (non-hydrogen) atoms. The van der Waals surface area contributed by atoms with Gasteiger partial charge in [-0.1, -0.05) is 11.8 Å². The van der Waals surface area contributed by atoms with Crippen LogP contribution in [-0.2, 0) is 18.4 Å². The lowest BCUT2D eigenvalue weighted by molar-refractivity contribution is -0.118. The number of carbonyl (C=O) groups excluding carboxylic acids is 1. The largest absolute Gasteiger partial charge is 0.390 e. The van der Waals surface area contributed by atoms with Crippen LogP contribution in [0.2, 0.25) is 0 Å². The second kappa shape index (κ2) is 4.88. The van der Waals surface area contributed by atoms with Crippen LogP contribution in [0.25, 0.3) is 0 Å². The summed E-state index contributed by atoms with van der Waals surface area (Å²) in [6, 6.07) is 0.405. The number of carbonyl (C=O) groups is 1. The topological polar surface area (TPSA) is 67.1 Å². The van der Waals surface area contributed by atoms with Crippen LogP contribution in [0.3, 0.4) is 0 Å². The lowest BCUT2D eigenvalue weighted by Gasteiger charge is -2.04. The van der Waals surface area contributed by atoms with Crippen molar-refractivity contribution in [3.8, 4) is 0 Å². The second-order valence-electron chi connectivity index (χ2n) is 3.88. The Morgan fingerprint density at radius 3 is 3.06 bits per heavy atom. The Morgan fingerprint density at radius 2 is 2.50 bits per heavy atom. The number of nitrogens with zero attached hydrogens (tertiary/aromatic N) is 2. The zero-order valence-electron chi connectivity index (χ0n) is 9.14. The molecule has 0 aliphatic heterocycles. The number of aliphatic hydroxyl groups excluding tert-OH is 1. The van der Waals surface area contributed by atoms with Gasteiger partial charge in [-0.3, -0.25) is 4.79 Å². The van der Waals surface area contributed by atoms with E-state index < -0.39 is 0 Å². The predicted octanol–water partition coefficient (Wildman–Crippen LogP) is 0.283. The number of rotatable bonds is 5. The molecule has 0 aromatic carbocycles. The summed E-state index contributed by atoms with van der Waals surface area (Å²) in [5.41, 5.74) is 0.755. The summed E-state index contributed by atoms with van der Waals surface area (Å²) in [7, 11) is 1.83. The van der Waals surface area contributed by atoms with Gasteiger partial charge < -0.3 is 15.0 Å². The van der Waals surface area contributed by atoms with E-state index >= 15 is 0 Å². The van der Waals surface area contributed by atoms with Crippen LogP contribution in [0.4, 0.5) is 0 Å². The number of thioether (sulfide) groups is 1. The molecule has 1 aliphatic rings. The van der Waals surface area contributed by atoms with Gasteiger partial charge in [-0.15, -0.1) is 0 Å². The fraction of sp³-hybridized carbons (Fsp3) is 0.600. The summed E-state index contributed by atoms with van der Waals surface area (Å²) in [4.78, 5) is 15.6. The maximum Gasteiger partial charge on any atom is 0.230 e. The van der Waals surface area contributed by atoms with Crippen molar-refractivity contribution >= 4 is 17.7 Å². The highest BCUT2D eigenvalue weighted by Crippen LogP contribution is 2.20. The first kappa shape index (κ1) is 11.5. The van der Waals surface area contributed by atoms with Gasteiger partial charge in [0.15, 0.2) is 5.16 Å². The van der Waals surface area contributed by atoms with E-state index in [1.807, 2.05) is 7.05 Å². The van der Waals surface area contributed by atoms with Crippen molar-refractivity contribution in [3.63, 3.8) is 0 Å². The quantitative estimate of drug-likeness (QED) is 0.727. The first-order chi connectivity index (χ1) is 7.70. The van der Waals surface area contributed by atoms with Gasteiger partial charge in [0.25, 0.3) is 0 Å². The fourth-order valence-corrected chi connectivity index (χ4v) is 2.12. The van der Waals surface area contributed by atoms with Crippen LogP contribution in [0.5, 0.6) is 0 Å². The minimum absolute atomic E-state index is 0.0294. The summed E-state index contributed by atoms with van der Waals surface area (Å²) in [6.45, 7) is -0.0294. The van der Waals surface area contributed by atoms with E-state index in [2.05, 4.69) is 10.3 Å². The monoisotopic (exact) mass is 241 g/mol. The number of nitrogens with one attached hydrogen (secondary N) is 1. The third-order valence-electron chi connectivity index (χ3n) is 2.48. The van der Waals surface area contributed by atoms with E-state index in [-0.39, 0.29) is 12.5 Å². The predicted molar refractivity (Wildman–Crippen MR) is 61.0 cm³/mol. The Balaban J connectivity index is 1.83. The number of aromatic nitrogens is 2. The fourth-order valence-electron chi connectivity index (χ4n) is 1.33. The normalized spacial score (nSPS) is 15.1. The molecular weight excluding hydrogens is 226 g/mol. The first-order valence-corrected chi connectivity index (χ1v) is 6.23. The van der Waals surface area contributed by atoms with Gasteiger partial charge >= 0.3 is 0 Å². The third-order valence-corrected chi connectivity index (χ3v) is 3.52.